The third kappa shape index (κ3) is 11.7. The molecular weight excluding hydrogens is 922 g/mol. The second kappa shape index (κ2) is 22.0. The first kappa shape index (κ1) is 52.8. The predicted molar refractivity (Wildman–Crippen MR) is 252 cm³/mol. The van der Waals surface area contributed by atoms with Crippen LogP contribution < -0.4 is 15.5 Å². The quantitative estimate of drug-likeness (QED) is 0.115. The van der Waals surface area contributed by atoms with Crippen LogP contribution >= 0.6 is 23.4 Å². The summed E-state index contributed by atoms with van der Waals surface area (Å²) in [5.74, 6) is -3.61. The number of halogens is 1. The van der Waals surface area contributed by atoms with E-state index in [2.05, 4.69) is 10.6 Å². The molecule has 0 aromatic heterocycles. The van der Waals surface area contributed by atoms with Crippen LogP contribution in [0.5, 0.6) is 0 Å². The Bertz CT molecular complexity index is 2180. The molecule has 20 heteroatoms. The number of carbonyl (C=O) groups is 7. The predicted octanol–water partition coefficient (Wildman–Crippen LogP) is 3.39. The third-order valence-electron chi connectivity index (χ3n) is 14.5. The molecule has 3 saturated heterocycles. The lowest BCUT2D eigenvalue weighted by Gasteiger charge is -2.42. The van der Waals surface area contributed by atoms with E-state index < -0.39 is 96.3 Å². The molecule has 374 valence electrons. The zero-order valence-corrected chi connectivity index (χ0v) is 41.4. The molecule has 1 aromatic rings. The number of nitrogens with zero attached hydrogens (tertiary/aromatic N) is 3. The van der Waals surface area contributed by atoms with Crippen molar-refractivity contribution in [2.45, 2.75) is 133 Å². The topological polar surface area (TPSA) is 245 Å². The van der Waals surface area contributed by atoms with E-state index in [4.69, 9.17) is 25.8 Å². The Hall–Kier alpha value is -4.53. The normalized spacial score (nSPS) is 32.8. The number of alkyl carbamates (subject to hydrolysis) is 1. The van der Waals surface area contributed by atoms with Gasteiger partial charge in [0, 0.05) is 70.5 Å². The van der Waals surface area contributed by atoms with Gasteiger partial charge < -0.3 is 44.6 Å². The largest absolute Gasteiger partial charge is 0.457 e. The molecule has 68 heavy (non-hydrogen) atoms. The smallest absolute Gasteiger partial charge is 0.409 e. The number of hydrogen-bond donors (Lipinski definition) is 5. The van der Waals surface area contributed by atoms with Gasteiger partial charge in [-0.3, -0.25) is 34.2 Å². The summed E-state index contributed by atoms with van der Waals surface area (Å²) >= 11 is 7.98. The van der Waals surface area contributed by atoms with Gasteiger partial charge in [-0.25, -0.2) is 9.59 Å². The van der Waals surface area contributed by atoms with Gasteiger partial charge in [0.15, 0.2) is 5.72 Å². The van der Waals surface area contributed by atoms with Gasteiger partial charge in [-0.2, -0.15) is 0 Å². The highest BCUT2D eigenvalue weighted by Gasteiger charge is 2.64. The molecule has 4 aliphatic heterocycles. The van der Waals surface area contributed by atoms with Gasteiger partial charge in [0.05, 0.1) is 41.7 Å². The van der Waals surface area contributed by atoms with Gasteiger partial charge in [0.1, 0.15) is 23.9 Å². The molecule has 1 aromatic carbocycles. The fourth-order valence-corrected chi connectivity index (χ4v) is 11.2. The molecule has 18 nitrogen and oxygen atoms in total. The number of ether oxygens (including phenoxy) is 3. The number of aliphatic hydroxyl groups excluding tert-OH is 2. The van der Waals surface area contributed by atoms with Gasteiger partial charge in [0.25, 0.3) is 0 Å². The van der Waals surface area contributed by atoms with Crippen molar-refractivity contribution in [3.8, 4) is 0 Å². The summed E-state index contributed by atoms with van der Waals surface area (Å²) in [5.41, 5.74) is -0.980. The molecular formula is C48H66ClN5O13S. The maximum absolute atomic E-state index is 14.3. The van der Waals surface area contributed by atoms with Crippen LogP contribution in [0.25, 0.3) is 0 Å². The van der Waals surface area contributed by atoms with Crippen molar-refractivity contribution in [1.82, 2.24) is 20.4 Å². The highest BCUT2D eigenvalue weighted by molar-refractivity contribution is 8.00. The standard InChI is InChI=1S/C48H66ClN5O13S/c1-26-9-8-10-33(25-56)48(64)22-35(65-46(63)51-48)27(2)42-47(4,67-42)37(21-39(58)53(7)34-19-30(17-26)18-32(24-55)41(34)49)66-45(62)28(3)52(6)38(57)15-16-68-36-20-40(59)54(44(36)61)23-29-11-13-31(14-12-29)43(60)50-5/h8-10,18-19,27-29,31,33,35-37,42,55-56,64H,11-17,20-25H2,1-7H3,(H,50,60)(H,51,63)/b10-8+,26-9+/t27-,28+,29?,31?,33+,35+,36?,37?,42+,47+,48+/m1/s1. The first-order chi connectivity index (χ1) is 32.1. The number of thioether (sulfide) groups is 1. The number of hydrogen-bond acceptors (Lipinski definition) is 14. The number of carbonyl (C=O) groups excluding carboxylic acids is 7. The van der Waals surface area contributed by atoms with Crippen LogP contribution in [0.15, 0.2) is 35.9 Å². The minimum Gasteiger partial charge on any atom is -0.457 e. The second-order valence-corrected chi connectivity index (χ2v) is 20.8. The molecule has 1 aliphatic carbocycles. The molecule has 4 bridgehead atoms. The van der Waals surface area contributed by atoms with Gasteiger partial charge in [-0.1, -0.05) is 48.4 Å². The number of nitrogens with one attached hydrogen (secondary N) is 2. The molecule has 5 N–H and O–H groups in total. The maximum atomic E-state index is 14.3. The Morgan fingerprint density at radius 2 is 1.81 bits per heavy atom. The number of likely N-dealkylation sites (tertiary alicyclic amines) is 1. The molecule has 4 fully saturated rings. The fraction of sp³-hybridized carbons (Fsp3) is 0.646. The minimum atomic E-state index is -1.91. The lowest BCUT2D eigenvalue weighted by molar-refractivity contribution is -0.162. The van der Waals surface area contributed by atoms with Crippen LogP contribution in [0, 0.1) is 23.7 Å². The number of esters is 1. The fourth-order valence-electron chi connectivity index (χ4n) is 9.82. The summed E-state index contributed by atoms with van der Waals surface area (Å²) in [6.45, 7) is 6.14. The van der Waals surface area contributed by atoms with E-state index in [1.54, 1.807) is 51.3 Å². The van der Waals surface area contributed by atoms with E-state index in [9.17, 15) is 48.9 Å². The van der Waals surface area contributed by atoms with E-state index in [1.807, 2.05) is 6.92 Å². The molecule has 6 amide bonds. The zero-order valence-electron chi connectivity index (χ0n) is 39.8. The van der Waals surface area contributed by atoms with Crippen LogP contribution in [0.4, 0.5) is 10.5 Å². The lowest BCUT2D eigenvalue weighted by Crippen LogP contribution is -2.62. The Morgan fingerprint density at radius 1 is 1.10 bits per heavy atom. The number of fused-ring (bicyclic) bond motifs is 5. The van der Waals surface area contributed by atoms with Crippen molar-refractivity contribution < 1.29 is 63.1 Å². The lowest BCUT2D eigenvalue weighted by atomic mass is 9.81. The van der Waals surface area contributed by atoms with E-state index >= 15 is 0 Å². The van der Waals surface area contributed by atoms with E-state index in [-0.39, 0.29) is 59.6 Å². The molecule has 0 spiro atoms. The van der Waals surface area contributed by atoms with E-state index in [0.29, 0.717) is 37.1 Å². The zero-order chi connectivity index (χ0) is 49.8. The summed E-state index contributed by atoms with van der Waals surface area (Å²) in [6.07, 6.45) is 3.89. The van der Waals surface area contributed by atoms with Crippen LogP contribution in [0.1, 0.15) is 90.2 Å². The van der Waals surface area contributed by atoms with Gasteiger partial charge in [0.2, 0.25) is 29.5 Å². The second-order valence-electron chi connectivity index (χ2n) is 19.1. The van der Waals surface area contributed by atoms with E-state index in [0.717, 1.165) is 24.0 Å². The van der Waals surface area contributed by atoms with Crippen LogP contribution in [-0.4, -0.2) is 148 Å². The maximum Gasteiger partial charge on any atom is 0.409 e. The van der Waals surface area contributed by atoms with Crippen LogP contribution in [0.2, 0.25) is 5.02 Å². The van der Waals surface area contributed by atoms with Gasteiger partial charge >= 0.3 is 12.1 Å². The molecule has 9 atom stereocenters. The van der Waals surface area contributed by atoms with E-state index in [1.165, 1.54) is 47.5 Å². The Labute approximate surface area is 406 Å². The first-order valence-electron chi connectivity index (χ1n) is 23.3. The first-order valence-corrected chi connectivity index (χ1v) is 24.7. The van der Waals surface area contributed by atoms with Crippen molar-refractivity contribution in [3.63, 3.8) is 0 Å². The molecule has 6 rings (SSSR count). The van der Waals surface area contributed by atoms with Gasteiger partial charge in [-0.15, -0.1) is 11.8 Å². The average molecular weight is 989 g/mol. The summed E-state index contributed by atoms with van der Waals surface area (Å²) < 4.78 is 18.1. The summed E-state index contributed by atoms with van der Waals surface area (Å²) in [7, 11) is 4.58. The number of benzene rings is 1. The number of allylic oxidation sites excluding steroid dienone is 3. The number of rotatable bonds is 12. The average Bonchev–Trinajstić information content (AvgIpc) is 3.94. The van der Waals surface area contributed by atoms with Crippen molar-refractivity contribution >= 4 is 70.6 Å². The summed E-state index contributed by atoms with van der Waals surface area (Å²) in [5, 5.41) is 37.1. The Morgan fingerprint density at radius 3 is 2.47 bits per heavy atom. The molecule has 1 saturated carbocycles. The Kier molecular flexibility index (Phi) is 17.1. The van der Waals surface area contributed by atoms with Crippen molar-refractivity contribution in [2.24, 2.45) is 23.7 Å². The Balaban J connectivity index is 1.15. The van der Waals surface area contributed by atoms with Crippen molar-refractivity contribution in [1.29, 1.82) is 0 Å². The molecule has 0 radical (unpaired) electrons. The minimum absolute atomic E-state index is 0.00841. The van der Waals surface area contributed by atoms with Crippen LogP contribution in [-0.2, 0) is 56.0 Å². The third-order valence-corrected chi connectivity index (χ3v) is 16.1. The number of amides is 6. The summed E-state index contributed by atoms with van der Waals surface area (Å²) in [6, 6.07) is 2.31. The van der Waals surface area contributed by atoms with Gasteiger partial charge in [-0.05, 0) is 76.0 Å². The SMILES string of the molecule is CNC(=O)C1CCC(CN2C(=O)CC(SCCC(=O)N(C)[C@@H](C)C(=O)OC3CC(=O)N(C)c4cc(cc(CO)c4Cl)C/C(C)=C/C=C/[C@@H](CO)[C@@]4(O)C[C@H](OC(=O)N4)[C@@H](C)[C@@H]4O[C@@]34C)C2=O)CC1. The number of anilines is 1. The number of aliphatic hydroxyl groups is 3. The van der Waals surface area contributed by atoms with Crippen LogP contribution in [0.3, 0.4) is 0 Å². The number of imide groups is 1. The monoisotopic (exact) mass is 987 g/mol. The highest BCUT2D eigenvalue weighted by atomic mass is 35.5. The highest BCUT2D eigenvalue weighted by Crippen LogP contribution is 2.49. The molecule has 4 heterocycles. The number of likely N-dealkylation sites (N-methyl/N-ethyl adjacent to an activating group) is 1. The molecule has 5 aliphatic rings. The molecule has 2 unspecified atom stereocenters. The summed E-state index contributed by atoms with van der Waals surface area (Å²) in [4.78, 5) is 97.0. The number of epoxide rings is 1. The van der Waals surface area contributed by atoms with Crippen molar-refractivity contribution in [3.05, 3.63) is 52.1 Å². The van der Waals surface area contributed by atoms with Crippen molar-refractivity contribution in [2.75, 3.05) is 44.9 Å².